The minimum Gasteiger partial charge on any atom is -0.454 e. The predicted molar refractivity (Wildman–Crippen MR) is 71.0 cm³/mol. The second-order valence-corrected chi connectivity index (χ2v) is 4.54. The zero-order valence-corrected chi connectivity index (χ0v) is 11.3. The summed E-state index contributed by atoms with van der Waals surface area (Å²) in [5.41, 5.74) is 1.33. The van der Waals surface area contributed by atoms with Crippen molar-refractivity contribution in [3.05, 3.63) is 42.0 Å². The van der Waals surface area contributed by atoms with Crippen LogP contribution in [-0.4, -0.2) is 24.8 Å². The molecule has 0 saturated carbocycles. The highest BCUT2D eigenvalue weighted by Gasteiger charge is 2.23. The first-order chi connectivity index (χ1) is 9.56. The average Bonchev–Trinajstić information content (AvgIpc) is 2.44. The van der Waals surface area contributed by atoms with Gasteiger partial charge in [0, 0.05) is 12.0 Å². The molecule has 106 valence electrons. The molecule has 1 aliphatic heterocycles. The van der Waals surface area contributed by atoms with E-state index in [4.69, 9.17) is 14.2 Å². The molecule has 0 N–H and O–H groups in total. The van der Waals surface area contributed by atoms with E-state index in [-0.39, 0.29) is 5.57 Å². The van der Waals surface area contributed by atoms with Gasteiger partial charge in [0.05, 0.1) is 0 Å². The third-order valence-electron chi connectivity index (χ3n) is 2.81. The Morgan fingerprint density at radius 3 is 2.90 bits per heavy atom. The van der Waals surface area contributed by atoms with Gasteiger partial charge in [-0.3, -0.25) is 0 Å². The first-order valence-corrected chi connectivity index (χ1v) is 6.33. The number of aryl methyl sites for hydroxylation is 1. The summed E-state index contributed by atoms with van der Waals surface area (Å²) in [6.45, 7) is 4.49. The number of hydrogen-bond acceptors (Lipinski definition) is 5. The topological polar surface area (TPSA) is 61.8 Å². The van der Waals surface area contributed by atoms with E-state index in [2.05, 4.69) is 6.58 Å². The number of carbonyl (C=O) groups excluding carboxylic acids is 2. The van der Waals surface area contributed by atoms with Gasteiger partial charge in [-0.1, -0.05) is 24.8 Å². The van der Waals surface area contributed by atoms with E-state index in [0.717, 1.165) is 17.7 Å². The predicted octanol–water partition coefficient (Wildman–Crippen LogP) is 2.00. The Morgan fingerprint density at radius 1 is 1.40 bits per heavy atom. The SMILES string of the molecule is C=C(C)C(=O)OCC(=O)OC1CCc2ccccc2O1. The Labute approximate surface area is 117 Å². The van der Waals surface area contributed by atoms with E-state index in [9.17, 15) is 9.59 Å². The Balaban J connectivity index is 1.82. The standard InChI is InChI=1S/C15H16O5/c1-10(2)15(17)18-9-13(16)20-14-8-7-11-5-3-4-6-12(11)19-14/h3-6,14H,1,7-9H2,2H3. The van der Waals surface area contributed by atoms with Crippen molar-refractivity contribution in [1.82, 2.24) is 0 Å². The van der Waals surface area contributed by atoms with Gasteiger partial charge in [-0.15, -0.1) is 0 Å². The molecule has 2 rings (SSSR count). The van der Waals surface area contributed by atoms with Crippen LogP contribution in [0.4, 0.5) is 0 Å². The van der Waals surface area contributed by atoms with Crippen molar-refractivity contribution in [2.24, 2.45) is 0 Å². The van der Waals surface area contributed by atoms with Gasteiger partial charge in [-0.05, 0) is 25.0 Å². The minimum atomic E-state index is -0.638. The molecule has 1 unspecified atom stereocenters. The van der Waals surface area contributed by atoms with Crippen LogP contribution in [0, 0.1) is 0 Å². The van der Waals surface area contributed by atoms with Crippen molar-refractivity contribution in [2.75, 3.05) is 6.61 Å². The van der Waals surface area contributed by atoms with Crippen molar-refractivity contribution in [3.8, 4) is 5.75 Å². The summed E-state index contributed by atoms with van der Waals surface area (Å²) in [6, 6.07) is 7.60. The van der Waals surface area contributed by atoms with Gasteiger partial charge in [-0.2, -0.15) is 0 Å². The van der Waals surface area contributed by atoms with Crippen LogP contribution in [0.5, 0.6) is 5.75 Å². The molecule has 1 aromatic carbocycles. The zero-order valence-electron chi connectivity index (χ0n) is 11.3. The van der Waals surface area contributed by atoms with Crippen LogP contribution < -0.4 is 4.74 Å². The Kier molecular flexibility index (Phi) is 4.40. The molecule has 0 bridgehead atoms. The van der Waals surface area contributed by atoms with Crippen molar-refractivity contribution in [1.29, 1.82) is 0 Å². The van der Waals surface area contributed by atoms with E-state index < -0.39 is 24.8 Å². The lowest BCUT2D eigenvalue weighted by Crippen LogP contribution is -2.30. The summed E-state index contributed by atoms with van der Waals surface area (Å²) in [5.74, 6) is -0.531. The monoisotopic (exact) mass is 276 g/mol. The highest BCUT2D eigenvalue weighted by atomic mass is 16.7. The van der Waals surface area contributed by atoms with Gasteiger partial charge in [0.25, 0.3) is 0 Å². The lowest BCUT2D eigenvalue weighted by Gasteiger charge is -2.25. The van der Waals surface area contributed by atoms with Crippen molar-refractivity contribution >= 4 is 11.9 Å². The molecule has 5 nitrogen and oxygen atoms in total. The summed E-state index contributed by atoms with van der Waals surface area (Å²) in [5, 5.41) is 0. The van der Waals surface area contributed by atoms with E-state index in [1.807, 2.05) is 24.3 Å². The van der Waals surface area contributed by atoms with Gasteiger partial charge < -0.3 is 14.2 Å². The van der Waals surface area contributed by atoms with Crippen LogP contribution in [-0.2, 0) is 25.5 Å². The zero-order chi connectivity index (χ0) is 14.5. The Morgan fingerprint density at radius 2 is 2.15 bits per heavy atom. The maximum Gasteiger partial charge on any atom is 0.347 e. The number of para-hydroxylation sites is 1. The maximum absolute atomic E-state index is 11.5. The Hall–Kier alpha value is -2.30. The van der Waals surface area contributed by atoms with E-state index >= 15 is 0 Å². The van der Waals surface area contributed by atoms with Crippen LogP contribution in [0.25, 0.3) is 0 Å². The largest absolute Gasteiger partial charge is 0.454 e. The molecule has 1 heterocycles. The van der Waals surface area contributed by atoms with E-state index in [1.54, 1.807) is 0 Å². The average molecular weight is 276 g/mol. The summed E-state index contributed by atoms with van der Waals surface area (Å²) in [6.07, 6.45) is 0.720. The maximum atomic E-state index is 11.5. The smallest absolute Gasteiger partial charge is 0.347 e. The normalized spacial score (nSPS) is 16.6. The molecule has 0 radical (unpaired) electrons. The molecule has 0 aromatic heterocycles. The molecule has 5 heteroatoms. The highest BCUT2D eigenvalue weighted by molar-refractivity contribution is 5.88. The molecule has 0 aliphatic carbocycles. The van der Waals surface area contributed by atoms with Gasteiger partial charge >= 0.3 is 11.9 Å². The highest BCUT2D eigenvalue weighted by Crippen LogP contribution is 2.27. The first kappa shape index (κ1) is 14.1. The number of esters is 2. The molecule has 0 fully saturated rings. The number of rotatable bonds is 4. The van der Waals surface area contributed by atoms with Gasteiger partial charge in [-0.25, -0.2) is 9.59 Å². The number of carbonyl (C=O) groups is 2. The molecular formula is C15H16O5. The molecule has 1 atom stereocenters. The summed E-state index contributed by atoms with van der Waals surface area (Å²) >= 11 is 0. The summed E-state index contributed by atoms with van der Waals surface area (Å²) in [4.78, 5) is 22.7. The van der Waals surface area contributed by atoms with Crippen LogP contribution in [0.15, 0.2) is 36.4 Å². The lowest BCUT2D eigenvalue weighted by molar-refractivity contribution is -0.173. The number of hydrogen-bond donors (Lipinski definition) is 0. The van der Waals surface area contributed by atoms with Crippen LogP contribution in [0.1, 0.15) is 18.9 Å². The first-order valence-electron chi connectivity index (χ1n) is 6.33. The second-order valence-electron chi connectivity index (χ2n) is 4.54. The number of ether oxygens (including phenoxy) is 3. The fourth-order valence-electron chi connectivity index (χ4n) is 1.81. The quantitative estimate of drug-likeness (QED) is 0.621. The molecule has 0 saturated heterocycles. The molecular weight excluding hydrogens is 260 g/mol. The van der Waals surface area contributed by atoms with Gasteiger partial charge in [0.15, 0.2) is 6.61 Å². The third-order valence-corrected chi connectivity index (χ3v) is 2.81. The third kappa shape index (κ3) is 3.60. The second kappa shape index (κ2) is 6.23. The number of fused-ring (bicyclic) bond motifs is 1. The lowest BCUT2D eigenvalue weighted by atomic mass is 10.1. The number of benzene rings is 1. The fourth-order valence-corrected chi connectivity index (χ4v) is 1.81. The van der Waals surface area contributed by atoms with Crippen LogP contribution in [0.2, 0.25) is 0 Å². The van der Waals surface area contributed by atoms with Gasteiger partial charge in [0.2, 0.25) is 6.29 Å². The summed E-state index contributed by atoms with van der Waals surface area (Å²) < 4.78 is 15.4. The van der Waals surface area contributed by atoms with E-state index in [0.29, 0.717) is 6.42 Å². The van der Waals surface area contributed by atoms with E-state index in [1.165, 1.54) is 6.92 Å². The Bertz CT molecular complexity index is 535. The van der Waals surface area contributed by atoms with Crippen molar-refractivity contribution < 1.29 is 23.8 Å². The molecule has 1 aliphatic rings. The molecule has 0 spiro atoms. The van der Waals surface area contributed by atoms with Crippen molar-refractivity contribution in [3.63, 3.8) is 0 Å². The van der Waals surface area contributed by atoms with Gasteiger partial charge in [0.1, 0.15) is 5.75 Å². The molecule has 20 heavy (non-hydrogen) atoms. The van der Waals surface area contributed by atoms with Crippen LogP contribution in [0.3, 0.4) is 0 Å². The van der Waals surface area contributed by atoms with Crippen LogP contribution >= 0.6 is 0 Å². The molecule has 1 aromatic rings. The van der Waals surface area contributed by atoms with Crippen molar-refractivity contribution in [2.45, 2.75) is 26.1 Å². The minimum absolute atomic E-state index is 0.237. The molecule has 0 amide bonds. The fraction of sp³-hybridized carbons (Fsp3) is 0.333. The summed E-state index contributed by atoms with van der Waals surface area (Å²) in [7, 11) is 0.